The molecule has 1 aromatic heterocycles. The summed E-state index contributed by atoms with van der Waals surface area (Å²) in [5.41, 5.74) is 1.05. The number of hydrogen-bond donors (Lipinski definition) is 2. The summed E-state index contributed by atoms with van der Waals surface area (Å²) in [5.74, 6) is -1.31. The smallest absolute Gasteiger partial charge is 0.272 e. The van der Waals surface area contributed by atoms with Crippen molar-refractivity contribution >= 4 is 33.5 Å². The minimum atomic E-state index is -3.98. The Hall–Kier alpha value is -2.78. The lowest BCUT2D eigenvalue weighted by Gasteiger charge is -2.09. The van der Waals surface area contributed by atoms with Crippen LogP contribution in [-0.4, -0.2) is 30.7 Å². The van der Waals surface area contributed by atoms with E-state index in [4.69, 9.17) is 0 Å². The molecular weight excluding hydrogens is 373 g/mol. The number of rotatable bonds is 3. The van der Waals surface area contributed by atoms with Gasteiger partial charge in [-0.1, -0.05) is 12.2 Å². The second-order valence-electron chi connectivity index (χ2n) is 6.35. The first-order chi connectivity index (χ1) is 12.6. The highest BCUT2D eigenvalue weighted by atomic mass is 32.2. The number of anilines is 1. The number of carbonyl (C=O) groups excluding carboxylic acids is 2. The van der Waals surface area contributed by atoms with E-state index in [1.54, 1.807) is 14.0 Å². The highest BCUT2D eigenvalue weighted by molar-refractivity contribution is 7.89. The van der Waals surface area contributed by atoms with E-state index in [0.29, 0.717) is 11.3 Å². The van der Waals surface area contributed by atoms with Gasteiger partial charge in [0.25, 0.3) is 5.91 Å². The predicted octanol–water partition coefficient (Wildman–Crippen LogP) is 1.99. The van der Waals surface area contributed by atoms with Crippen molar-refractivity contribution in [2.75, 3.05) is 5.32 Å². The van der Waals surface area contributed by atoms with Gasteiger partial charge >= 0.3 is 0 Å². The van der Waals surface area contributed by atoms with Crippen molar-refractivity contribution in [1.29, 1.82) is 0 Å². The van der Waals surface area contributed by atoms with E-state index in [1.165, 1.54) is 48.0 Å². The maximum Gasteiger partial charge on any atom is 0.272 e. The number of Topliss-reactive ketones (excluding diaryl/α,β-unsaturated/α-hetero) is 1. The molecule has 1 aliphatic rings. The molecule has 0 saturated carbocycles. The van der Waals surface area contributed by atoms with E-state index < -0.39 is 27.8 Å². The van der Waals surface area contributed by atoms with Gasteiger partial charge in [-0.15, -0.1) is 0 Å². The number of aromatic nitrogens is 1. The van der Waals surface area contributed by atoms with Crippen molar-refractivity contribution in [3.8, 4) is 0 Å². The standard InChI is InChI=1S/C18H18FN3O4S/c1-10-8-12(4-6-14(10)19)20-18(24)17-13-5-7-15(11(2)23)21-27(25,26)16(13)9-22(17)3/h4-9,15,21H,1-3H3,(H,20,24)/t15-/m1/s1. The molecule has 2 aromatic rings. The van der Waals surface area contributed by atoms with Crippen molar-refractivity contribution in [3.63, 3.8) is 0 Å². The van der Waals surface area contributed by atoms with Crippen molar-refractivity contribution in [2.45, 2.75) is 24.8 Å². The van der Waals surface area contributed by atoms with E-state index in [1.807, 2.05) is 0 Å². The van der Waals surface area contributed by atoms with Gasteiger partial charge in [0.2, 0.25) is 10.0 Å². The van der Waals surface area contributed by atoms with Crippen molar-refractivity contribution in [3.05, 3.63) is 53.1 Å². The second kappa shape index (κ2) is 6.75. The lowest BCUT2D eigenvalue weighted by molar-refractivity contribution is -0.117. The van der Waals surface area contributed by atoms with Crippen LogP contribution in [-0.2, 0) is 21.9 Å². The largest absolute Gasteiger partial charge is 0.345 e. The van der Waals surface area contributed by atoms with Crippen molar-refractivity contribution < 1.29 is 22.4 Å². The Labute approximate surface area is 155 Å². The quantitative estimate of drug-likeness (QED) is 0.836. The Morgan fingerprint density at radius 3 is 2.63 bits per heavy atom. The SMILES string of the molecule is CC(=O)[C@H]1C=Cc2c(cn(C)c2C(=O)Nc2ccc(F)c(C)c2)S(=O)(=O)N1. The van der Waals surface area contributed by atoms with Crippen LogP contribution in [0.1, 0.15) is 28.5 Å². The molecule has 0 aliphatic carbocycles. The first-order valence-corrected chi connectivity index (χ1v) is 9.56. The van der Waals surface area contributed by atoms with Gasteiger partial charge in [0, 0.05) is 24.5 Å². The van der Waals surface area contributed by atoms with E-state index >= 15 is 0 Å². The van der Waals surface area contributed by atoms with E-state index in [9.17, 15) is 22.4 Å². The number of carbonyl (C=O) groups is 2. The molecule has 7 nitrogen and oxygen atoms in total. The van der Waals surface area contributed by atoms with Gasteiger partial charge < -0.3 is 9.88 Å². The summed E-state index contributed by atoms with van der Waals surface area (Å²) >= 11 is 0. The number of amides is 1. The molecule has 0 fully saturated rings. The van der Waals surface area contributed by atoms with Crippen LogP contribution in [0.5, 0.6) is 0 Å². The predicted molar refractivity (Wildman–Crippen MR) is 98.3 cm³/mol. The van der Waals surface area contributed by atoms with Crippen LogP contribution in [0.2, 0.25) is 0 Å². The van der Waals surface area contributed by atoms with Gasteiger partial charge in [0.1, 0.15) is 16.4 Å². The lowest BCUT2D eigenvalue weighted by Crippen LogP contribution is -2.37. The maximum atomic E-state index is 13.4. The van der Waals surface area contributed by atoms with Gasteiger partial charge in [-0.25, -0.2) is 12.8 Å². The molecule has 2 N–H and O–H groups in total. The Kier molecular flexibility index (Phi) is 4.75. The molecule has 9 heteroatoms. The number of halogens is 1. The topological polar surface area (TPSA) is 97.3 Å². The van der Waals surface area contributed by atoms with Crippen LogP contribution in [0.3, 0.4) is 0 Å². The van der Waals surface area contributed by atoms with Crippen LogP contribution in [0.15, 0.2) is 35.4 Å². The number of nitrogens with one attached hydrogen (secondary N) is 2. The number of aryl methyl sites for hydroxylation is 2. The molecule has 2 heterocycles. The van der Waals surface area contributed by atoms with Gasteiger partial charge in [0.15, 0.2) is 5.78 Å². The normalized spacial score (nSPS) is 17.9. The molecule has 27 heavy (non-hydrogen) atoms. The highest BCUT2D eigenvalue weighted by Crippen LogP contribution is 2.27. The first-order valence-electron chi connectivity index (χ1n) is 8.08. The molecule has 0 bridgehead atoms. The van der Waals surface area contributed by atoms with E-state index in [2.05, 4.69) is 10.0 Å². The Morgan fingerprint density at radius 2 is 2.00 bits per heavy atom. The van der Waals surface area contributed by atoms with Crippen LogP contribution in [0, 0.1) is 12.7 Å². The Bertz CT molecular complexity index is 1090. The number of hydrogen-bond acceptors (Lipinski definition) is 4. The van der Waals surface area contributed by atoms with Crippen LogP contribution >= 0.6 is 0 Å². The fraction of sp³-hybridized carbons (Fsp3) is 0.222. The number of ketones is 1. The molecule has 0 unspecified atom stereocenters. The Morgan fingerprint density at radius 1 is 1.30 bits per heavy atom. The van der Waals surface area contributed by atoms with Crippen LogP contribution in [0.4, 0.5) is 10.1 Å². The third-order valence-corrected chi connectivity index (χ3v) is 5.75. The maximum absolute atomic E-state index is 13.4. The number of fused-ring (bicyclic) bond motifs is 1. The molecule has 3 rings (SSSR count). The molecule has 1 aliphatic heterocycles. The zero-order chi connectivity index (χ0) is 19.9. The fourth-order valence-electron chi connectivity index (χ4n) is 2.87. The summed E-state index contributed by atoms with van der Waals surface area (Å²) in [4.78, 5) is 24.3. The summed E-state index contributed by atoms with van der Waals surface area (Å²) in [6, 6.07) is 3.14. The zero-order valence-corrected chi connectivity index (χ0v) is 15.7. The third-order valence-electron chi connectivity index (χ3n) is 4.28. The van der Waals surface area contributed by atoms with Gasteiger partial charge in [0.05, 0.1) is 6.04 Å². The molecule has 1 atom stereocenters. The monoisotopic (exact) mass is 391 g/mol. The van der Waals surface area contributed by atoms with E-state index in [0.717, 1.165) is 0 Å². The first kappa shape index (κ1) is 19.0. The highest BCUT2D eigenvalue weighted by Gasteiger charge is 2.31. The molecule has 142 valence electrons. The molecule has 1 amide bonds. The summed E-state index contributed by atoms with van der Waals surface area (Å²) in [6.07, 6.45) is 4.17. The molecule has 0 saturated heterocycles. The number of sulfonamides is 1. The van der Waals surface area contributed by atoms with Gasteiger partial charge in [-0.05, 0) is 37.6 Å². The summed E-state index contributed by atoms with van der Waals surface area (Å²) < 4.78 is 42.2. The fourth-order valence-corrected chi connectivity index (χ4v) is 4.32. The number of benzene rings is 1. The van der Waals surface area contributed by atoms with Gasteiger partial charge in [-0.3, -0.25) is 9.59 Å². The molecule has 1 aromatic carbocycles. The van der Waals surface area contributed by atoms with Crippen molar-refractivity contribution in [1.82, 2.24) is 9.29 Å². The van der Waals surface area contributed by atoms with Crippen LogP contribution in [0.25, 0.3) is 6.08 Å². The lowest BCUT2D eigenvalue weighted by atomic mass is 10.1. The minimum absolute atomic E-state index is 0.0922. The van der Waals surface area contributed by atoms with Crippen LogP contribution < -0.4 is 10.0 Å². The third kappa shape index (κ3) is 3.56. The van der Waals surface area contributed by atoms with E-state index in [-0.39, 0.29) is 21.9 Å². The summed E-state index contributed by atoms with van der Waals surface area (Å²) in [6.45, 7) is 2.85. The Balaban J connectivity index is 2.04. The average Bonchev–Trinajstić information content (AvgIpc) is 2.85. The molecule has 0 spiro atoms. The summed E-state index contributed by atoms with van der Waals surface area (Å²) in [7, 11) is -2.43. The average molecular weight is 391 g/mol. The summed E-state index contributed by atoms with van der Waals surface area (Å²) in [5, 5.41) is 2.64. The minimum Gasteiger partial charge on any atom is -0.345 e. The van der Waals surface area contributed by atoms with Gasteiger partial charge in [-0.2, -0.15) is 4.72 Å². The second-order valence-corrected chi connectivity index (χ2v) is 8.04. The zero-order valence-electron chi connectivity index (χ0n) is 14.9. The number of nitrogens with zero attached hydrogens (tertiary/aromatic N) is 1. The molecular formula is C18H18FN3O4S. The van der Waals surface area contributed by atoms with Crippen molar-refractivity contribution in [2.24, 2.45) is 7.05 Å². The molecule has 0 radical (unpaired) electrons.